The first kappa shape index (κ1) is 17.5. The molecule has 1 aromatic carbocycles. The third-order valence-electron chi connectivity index (χ3n) is 3.73. The number of anilines is 1. The second kappa shape index (κ2) is 6.00. The van der Waals surface area contributed by atoms with Crippen LogP contribution in [-0.2, 0) is 10.8 Å². The molecule has 3 N–H and O–H groups in total. The summed E-state index contributed by atoms with van der Waals surface area (Å²) in [7, 11) is 0. The Labute approximate surface area is 142 Å². The van der Waals surface area contributed by atoms with Crippen molar-refractivity contribution in [3.8, 4) is 5.75 Å². The van der Waals surface area contributed by atoms with Gasteiger partial charge in [0.15, 0.2) is 5.13 Å². The summed E-state index contributed by atoms with van der Waals surface area (Å²) in [6.07, 6.45) is 3.98. The smallest absolute Gasteiger partial charge is 0.180 e. The average Bonchev–Trinajstić information content (AvgIpc) is 2.80. The largest absolute Gasteiger partial charge is 0.507 e. The molecule has 0 aliphatic carbocycles. The minimum absolute atomic E-state index is 0.126. The van der Waals surface area contributed by atoms with E-state index in [4.69, 9.17) is 5.73 Å². The number of nitrogen functional groups attached to an aromatic ring is 1. The van der Waals surface area contributed by atoms with E-state index in [1.807, 2.05) is 17.5 Å². The van der Waals surface area contributed by atoms with E-state index in [2.05, 4.69) is 58.7 Å². The fourth-order valence-electron chi connectivity index (χ4n) is 2.46. The molecule has 0 amide bonds. The molecular formula is C19H26N2OS. The van der Waals surface area contributed by atoms with Crippen LogP contribution in [-0.4, -0.2) is 10.1 Å². The first-order valence-electron chi connectivity index (χ1n) is 7.75. The van der Waals surface area contributed by atoms with Crippen LogP contribution in [0.5, 0.6) is 5.75 Å². The first-order chi connectivity index (χ1) is 10.5. The Kier molecular flexibility index (Phi) is 4.58. The number of hydrogen-bond donors (Lipinski definition) is 2. The maximum absolute atomic E-state index is 10.7. The van der Waals surface area contributed by atoms with Crippen LogP contribution in [0.25, 0.3) is 12.2 Å². The van der Waals surface area contributed by atoms with E-state index in [0.717, 1.165) is 22.4 Å². The molecule has 0 atom stereocenters. The minimum atomic E-state index is -0.126. The van der Waals surface area contributed by atoms with Gasteiger partial charge in [0.1, 0.15) is 5.75 Å². The molecule has 0 radical (unpaired) electrons. The SMILES string of the molecule is CC(C)(C)c1cc(/C=C/c2csc(N)n2)cc(C(C)(C)C)c1O. The van der Waals surface area contributed by atoms with Crippen molar-refractivity contribution >= 4 is 28.6 Å². The molecule has 0 fully saturated rings. The van der Waals surface area contributed by atoms with E-state index >= 15 is 0 Å². The monoisotopic (exact) mass is 330 g/mol. The highest BCUT2D eigenvalue weighted by Crippen LogP contribution is 2.40. The number of aromatic hydroxyl groups is 1. The molecule has 2 aromatic rings. The lowest BCUT2D eigenvalue weighted by atomic mass is 9.78. The normalized spacial score (nSPS) is 13.0. The van der Waals surface area contributed by atoms with Crippen LogP contribution >= 0.6 is 11.3 Å². The number of phenols is 1. The molecule has 0 saturated heterocycles. The van der Waals surface area contributed by atoms with Crippen molar-refractivity contribution in [3.63, 3.8) is 0 Å². The number of phenolic OH excluding ortho intramolecular Hbond substituents is 1. The van der Waals surface area contributed by atoms with Crippen molar-refractivity contribution in [1.82, 2.24) is 4.98 Å². The van der Waals surface area contributed by atoms with Gasteiger partial charge < -0.3 is 10.8 Å². The maximum atomic E-state index is 10.7. The molecule has 1 aromatic heterocycles. The molecule has 2 rings (SSSR count). The Morgan fingerprint density at radius 2 is 1.52 bits per heavy atom. The van der Waals surface area contributed by atoms with Crippen molar-refractivity contribution in [2.45, 2.75) is 52.4 Å². The molecule has 3 nitrogen and oxygen atoms in total. The van der Waals surface area contributed by atoms with Gasteiger partial charge in [0.25, 0.3) is 0 Å². The van der Waals surface area contributed by atoms with Gasteiger partial charge in [-0.2, -0.15) is 0 Å². The van der Waals surface area contributed by atoms with Crippen LogP contribution in [0, 0.1) is 0 Å². The van der Waals surface area contributed by atoms with Crippen LogP contribution in [0.2, 0.25) is 0 Å². The van der Waals surface area contributed by atoms with Gasteiger partial charge in [0, 0.05) is 16.5 Å². The summed E-state index contributed by atoms with van der Waals surface area (Å²) >= 11 is 1.43. The summed E-state index contributed by atoms with van der Waals surface area (Å²) in [4.78, 5) is 4.25. The van der Waals surface area contributed by atoms with E-state index in [1.54, 1.807) is 0 Å². The van der Waals surface area contributed by atoms with E-state index in [0.29, 0.717) is 10.9 Å². The first-order valence-corrected chi connectivity index (χ1v) is 8.63. The highest BCUT2D eigenvalue weighted by Gasteiger charge is 2.26. The zero-order valence-corrected chi connectivity index (χ0v) is 15.6. The third kappa shape index (κ3) is 4.14. The molecule has 0 saturated carbocycles. The highest BCUT2D eigenvalue weighted by atomic mass is 32.1. The summed E-state index contributed by atoms with van der Waals surface area (Å²) in [6.45, 7) is 12.7. The number of benzene rings is 1. The summed E-state index contributed by atoms with van der Waals surface area (Å²) < 4.78 is 0. The van der Waals surface area contributed by atoms with Gasteiger partial charge in [-0.25, -0.2) is 4.98 Å². The summed E-state index contributed by atoms with van der Waals surface area (Å²) in [5.41, 5.74) is 9.26. The van der Waals surface area contributed by atoms with E-state index in [-0.39, 0.29) is 10.8 Å². The fraction of sp³-hybridized carbons (Fsp3) is 0.421. The number of nitrogens with two attached hydrogens (primary N) is 1. The van der Waals surface area contributed by atoms with Crippen molar-refractivity contribution in [2.75, 3.05) is 5.73 Å². The fourth-order valence-corrected chi connectivity index (χ4v) is 2.99. The number of thiazole rings is 1. The molecule has 0 aliphatic rings. The Morgan fingerprint density at radius 1 is 1.00 bits per heavy atom. The molecule has 23 heavy (non-hydrogen) atoms. The predicted molar refractivity (Wildman–Crippen MR) is 101 cm³/mol. The molecule has 1 heterocycles. The molecule has 0 unspecified atom stereocenters. The van der Waals surface area contributed by atoms with Gasteiger partial charge in [-0.3, -0.25) is 0 Å². The van der Waals surface area contributed by atoms with Gasteiger partial charge in [0.05, 0.1) is 5.69 Å². The zero-order valence-electron chi connectivity index (χ0n) is 14.8. The number of aromatic nitrogens is 1. The predicted octanol–water partition coefficient (Wildman–Crippen LogP) is 5.20. The van der Waals surface area contributed by atoms with Crippen LogP contribution in [0.3, 0.4) is 0 Å². The second-order valence-corrected chi connectivity index (χ2v) is 8.80. The molecule has 0 spiro atoms. The van der Waals surface area contributed by atoms with E-state index in [1.165, 1.54) is 11.3 Å². The Morgan fingerprint density at radius 3 is 1.91 bits per heavy atom. The molecule has 0 bridgehead atoms. The molecule has 0 aliphatic heterocycles. The van der Waals surface area contributed by atoms with Crippen LogP contribution in [0.1, 0.15) is 63.9 Å². The van der Waals surface area contributed by atoms with Crippen molar-refractivity contribution in [2.24, 2.45) is 0 Å². The van der Waals surface area contributed by atoms with Crippen LogP contribution in [0.4, 0.5) is 5.13 Å². The maximum Gasteiger partial charge on any atom is 0.180 e. The van der Waals surface area contributed by atoms with Crippen LogP contribution < -0.4 is 5.73 Å². The Bertz CT molecular complexity index is 696. The lowest BCUT2D eigenvalue weighted by Crippen LogP contribution is -2.17. The summed E-state index contributed by atoms with van der Waals surface area (Å²) in [6, 6.07) is 4.10. The van der Waals surface area contributed by atoms with E-state index < -0.39 is 0 Å². The van der Waals surface area contributed by atoms with Gasteiger partial charge in [-0.05, 0) is 34.6 Å². The van der Waals surface area contributed by atoms with Gasteiger partial charge in [0.2, 0.25) is 0 Å². The topological polar surface area (TPSA) is 59.1 Å². The highest BCUT2D eigenvalue weighted by molar-refractivity contribution is 7.13. The summed E-state index contributed by atoms with van der Waals surface area (Å²) in [5.74, 6) is 0.403. The van der Waals surface area contributed by atoms with Gasteiger partial charge in [-0.1, -0.05) is 47.6 Å². The third-order valence-corrected chi connectivity index (χ3v) is 4.43. The lowest BCUT2D eigenvalue weighted by molar-refractivity contribution is 0.423. The minimum Gasteiger partial charge on any atom is -0.507 e. The number of nitrogens with zero attached hydrogens (tertiary/aromatic N) is 1. The standard InChI is InChI=1S/C19H26N2OS/c1-18(2,3)14-9-12(7-8-13-11-23-17(20)21-13)10-15(16(14)22)19(4,5)6/h7-11,22H,1-6H3,(H2,20,21)/b8-7+. The van der Waals surface area contributed by atoms with Crippen molar-refractivity contribution < 1.29 is 5.11 Å². The Balaban J connectivity index is 2.53. The second-order valence-electron chi connectivity index (χ2n) is 7.91. The number of hydrogen-bond acceptors (Lipinski definition) is 4. The molecule has 4 heteroatoms. The summed E-state index contributed by atoms with van der Waals surface area (Å²) in [5, 5.41) is 13.2. The van der Waals surface area contributed by atoms with Crippen molar-refractivity contribution in [1.29, 1.82) is 0 Å². The Hall–Kier alpha value is -1.81. The average molecular weight is 330 g/mol. The molecule has 124 valence electrons. The number of rotatable bonds is 2. The zero-order chi connectivity index (χ0) is 17.4. The van der Waals surface area contributed by atoms with Crippen LogP contribution in [0.15, 0.2) is 17.5 Å². The van der Waals surface area contributed by atoms with Crippen molar-refractivity contribution in [3.05, 3.63) is 39.9 Å². The lowest BCUT2D eigenvalue weighted by Gasteiger charge is -2.27. The van der Waals surface area contributed by atoms with Gasteiger partial charge >= 0.3 is 0 Å². The quantitative estimate of drug-likeness (QED) is 0.796. The van der Waals surface area contributed by atoms with Gasteiger partial charge in [-0.15, -0.1) is 11.3 Å². The molecular weight excluding hydrogens is 304 g/mol. The van der Waals surface area contributed by atoms with E-state index in [9.17, 15) is 5.11 Å².